The molecule has 2 heterocycles. The van der Waals surface area contributed by atoms with Crippen LogP contribution in [0.25, 0.3) is 123 Å². The van der Waals surface area contributed by atoms with Gasteiger partial charge < -0.3 is 0 Å². The summed E-state index contributed by atoms with van der Waals surface area (Å²) in [5.74, 6) is 2.52. The average molecular weight is 868 g/mol. The van der Waals surface area contributed by atoms with Gasteiger partial charge in [-0.2, -0.15) is 0 Å². The van der Waals surface area contributed by atoms with Crippen LogP contribution in [-0.4, -0.2) is 24.9 Å². The summed E-state index contributed by atoms with van der Waals surface area (Å²) in [6.07, 6.45) is 0. The largest absolute Gasteiger partial charge is 0.228 e. The van der Waals surface area contributed by atoms with Gasteiger partial charge in [-0.1, -0.05) is 231 Å². The van der Waals surface area contributed by atoms with E-state index in [4.69, 9.17) is 24.9 Å². The molecule has 0 aliphatic carbocycles. The molecule has 0 saturated carbocycles. The normalized spacial score (nSPS) is 11.2. The Balaban J connectivity index is 0.950. The van der Waals surface area contributed by atoms with Gasteiger partial charge in [-0.15, -0.1) is 0 Å². The van der Waals surface area contributed by atoms with Crippen LogP contribution in [0.4, 0.5) is 0 Å². The van der Waals surface area contributed by atoms with Crippen LogP contribution in [0.5, 0.6) is 0 Å². The lowest BCUT2D eigenvalue weighted by Gasteiger charge is -2.13. The van der Waals surface area contributed by atoms with Gasteiger partial charge in [0.15, 0.2) is 23.3 Å². The molecule has 0 amide bonds. The van der Waals surface area contributed by atoms with Crippen LogP contribution >= 0.6 is 0 Å². The Bertz CT molecular complexity index is 3570. The Kier molecular flexibility index (Phi) is 10.5. The summed E-state index contributed by atoms with van der Waals surface area (Å²) in [7, 11) is 0. The molecular weight excluding hydrogens is 827 g/mol. The second-order valence-electron chi connectivity index (χ2n) is 16.9. The van der Waals surface area contributed by atoms with Gasteiger partial charge in [-0.05, 0) is 73.1 Å². The van der Waals surface area contributed by atoms with Crippen molar-refractivity contribution in [2.24, 2.45) is 0 Å². The molecule has 0 aliphatic rings. The van der Waals surface area contributed by atoms with Gasteiger partial charge in [0, 0.05) is 33.4 Å². The third-order valence-electron chi connectivity index (χ3n) is 12.6. The van der Waals surface area contributed by atoms with Crippen molar-refractivity contribution in [2.45, 2.75) is 0 Å². The van der Waals surface area contributed by atoms with Gasteiger partial charge in [0.25, 0.3) is 0 Å². The van der Waals surface area contributed by atoms with E-state index in [1.54, 1.807) is 0 Å². The predicted octanol–water partition coefficient (Wildman–Crippen LogP) is 16.0. The van der Waals surface area contributed by atoms with Gasteiger partial charge in [-0.3, -0.25) is 0 Å². The van der Waals surface area contributed by atoms with E-state index in [-0.39, 0.29) is 0 Å². The van der Waals surface area contributed by atoms with Crippen molar-refractivity contribution >= 4 is 21.5 Å². The molecule has 318 valence electrons. The fraction of sp³-hybridized carbons (Fsp3) is 0. The standard InChI is InChI=1S/C63H41N5/c1-3-15-42(16-4-1)44-31-35-48(36-32-44)58-41-59(65-60(64-58)49-37-33-45(34-38-49)43-17-5-2-6-18-43)52-25-11-23-50(39-52)51-24-12-26-53(40-51)61-66-62(56-29-13-21-46-19-7-9-27-54(46)56)68-63(67-61)57-30-14-22-47-20-8-10-28-55(47)57/h1-41H. The summed E-state index contributed by atoms with van der Waals surface area (Å²) in [4.78, 5) is 26.1. The lowest BCUT2D eigenvalue weighted by molar-refractivity contribution is 1.08. The van der Waals surface area contributed by atoms with Gasteiger partial charge in [-0.25, -0.2) is 24.9 Å². The quantitative estimate of drug-likeness (QED) is 0.145. The Morgan fingerprint density at radius 1 is 0.191 bits per heavy atom. The number of hydrogen-bond acceptors (Lipinski definition) is 5. The molecule has 5 nitrogen and oxygen atoms in total. The number of nitrogens with zero attached hydrogens (tertiary/aromatic N) is 5. The lowest BCUT2D eigenvalue weighted by atomic mass is 9.98. The molecule has 12 aromatic rings. The lowest BCUT2D eigenvalue weighted by Crippen LogP contribution is -2.01. The highest BCUT2D eigenvalue weighted by Gasteiger charge is 2.17. The molecule has 0 unspecified atom stereocenters. The molecule has 0 bridgehead atoms. The smallest absolute Gasteiger partial charge is 0.164 e. The van der Waals surface area contributed by atoms with E-state index in [1.807, 2.05) is 12.1 Å². The van der Waals surface area contributed by atoms with Crippen LogP contribution in [0.3, 0.4) is 0 Å². The SMILES string of the molecule is c1ccc(-c2ccc(-c3cc(-c4cccc(-c5cccc(-c6nc(-c7cccc8ccccc78)nc(-c7cccc8ccccc78)n6)c5)c4)nc(-c4ccc(-c5ccccc5)cc4)n3)cc2)cc1. The minimum Gasteiger partial charge on any atom is -0.228 e. The Morgan fingerprint density at radius 2 is 0.544 bits per heavy atom. The summed E-state index contributed by atoms with van der Waals surface area (Å²) in [5, 5.41) is 4.44. The number of benzene rings is 10. The van der Waals surface area contributed by atoms with Crippen molar-refractivity contribution in [1.29, 1.82) is 0 Å². The maximum absolute atomic E-state index is 5.25. The first-order chi connectivity index (χ1) is 33.7. The molecule has 0 radical (unpaired) electrons. The van der Waals surface area contributed by atoms with E-state index < -0.39 is 0 Å². The van der Waals surface area contributed by atoms with Crippen molar-refractivity contribution < 1.29 is 0 Å². The number of rotatable bonds is 9. The maximum atomic E-state index is 5.25. The highest BCUT2D eigenvalue weighted by Crippen LogP contribution is 2.36. The molecule has 0 atom stereocenters. The van der Waals surface area contributed by atoms with E-state index in [0.717, 1.165) is 88.6 Å². The third-order valence-corrected chi connectivity index (χ3v) is 12.6. The van der Waals surface area contributed by atoms with Gasteiger partial charge in [0.1, 0.15) is 0 Å². The third kappa shape index (κ3) is 7.99. The van der Waals surface area contributed by atoms with E-state index >= 15 is 0 Å². The molecule has 2 aromatic heterocycles. The molecule has 0 aliphatic heterocycles. The van der Waals surface area contributed by atoms with Crippen molar-refractivity contribution in [3.05, 3.63) is 249 Å². The Morgan fingerprint density at radius 3 is 1.10 bits per heavy atom. The van der Waals surface area contributed by atoms with Crippen molar-refractivity contribution in [3.63, 3.8) is 0 Å². The molecule has 0 saturated heterocycles. The Hall–Kier alpha value is -9.19. The molecule has 12 rings (SSSR count). The summed E-state index contributed by atoms with van der Waals surface area (Å²) >= 11 is 0. The van der Waals surface area contributed by atoms with Crippen molar-refractivity contribution in [2.75, 3.05) is 0 Å². The van der Waals surface area contributed by atoms with E-state index in [0.29, 0.717) is 23.3 Å². The highest BCUT2D eigenvalue weighted by molar-refractivity contribution is 5.97. The summed E-state index contributed by atoms with van der Waals surface area (Å²) in [6, 6.07) is 86.5. The van der Waals surface area contributed by atoms with Crippen LogP contribution in [0.1, 0.15) is 0 Å². The van der Waals surface area contributed by atoms with E-state index in [9.17, 15) is 0 Å². The van der Waals surface area contributed by atoms with Crippen molar-refractivity contribution in [3.8, 4) is 101 Å². The summed E-state index contributed by atoms with van der Waals surface area (Å²) in [5.41, 5.74) is 14.2. The predicted molar refractivity (Wildman–Crippen MR) is 279 cm³/mol. The average Bonchev–Trinajstić information content (AvgIpc) is 3.43. The molecule has 68 heavy (non-hydrogen) atoms. The zero-order chi connectivity index (χ0) is 45.2. The minimum atomic E-state index is 0.602. The first-order valence-electron chi connectivity index (χ1n) is 22.8. The zero-order valence-corrected chi connectivity index (χ0v) is 36.9. The van der Waals surface area contributed by atoms with Crippen LogP contribution in [0.2, 0.25) is 0 Å². The van der Waals surface area contributed by atoms with Gasteiger partial charge in [0.2, 0.25) is 0 Å². The number of aromatic nitrogens is 5. The zero-order valence-electron chi connectivity index (χ0n) is 36.9. The monoisotopic (exact) mass is 867 g/mol. The Labute approximate surface area is 394 Å². The second kappa shape index (κ2) is 17.7. The molecule has 0 fully saturated rings. The van der Waals surface area contributed by atoms with Crippen LogP contribution in [0, 0.1) is 0 Å². The molecule has 10 aromatic carbocycles. The maximum Gasteiger partial charge on any atom is 0.164 e. The highest BCUT2D eigenvalue weighted by atomic mass is 15.0. The van der Waals surface area contributed by atoms with Crippen molar-refractivity contribution in [1.82, 2.24) is 24.9 Å². The summed E-state index contributed by atoms with van der Waals surface area (Å²) in [6.45, 7) is 0. The van der Waals surface area contributed by atoms with Gasteiger partial charge in [0.05, 0.1) is 11.4 Å². The molecule has 5 heteroatoms. The minimum absolute atomic E-state index is 0.602. The summed E-state index contributed by atoms with van der Waals surface area (Å²) < 4.78 is 0. The number of hydrogen-bond donors (Lipinski definition) is 0. The van der Waals surface area contributed by atoms with Gasteiger partial charge >= 0.3 is 0 Å². The topological polar surface area (TPSA) is 64.5 Å². The molecule has 0 N–H and O–H groups in total. The molecule has 0 spiro atoms. The van der Waals surface area contributed by atoms with E-state index in [1.165, 1.54) is 11.1 Å². The fourth-order valence-corrected chi connectivity index (χ4v) is 9.06. The fourth-order valence-electron chi connectivity index (χ4n) is 9.06. The van der Waals surface area contributed by atoms with Crippen LogP contribution in [-0.2, 0) is 0 Å². The first kappa shape index (κ1) is 40.3. The van der Waals surface area contributed by atoms with Crippen LogP contribution in [0.15, 0.2) is 249 Å². The number of fused-ring (bicyclic) bond motifs is 2. The van der Waals surface area contributed by atoms with Crippen LogP contribution < -0.4 is 0 Å². The van der Waals surface area contributed by atoms with E-state index in [2.05, 4.69) is 237 Å². The first-order valence-corrected chi connectivity index (χ1v) is 22.8. The second-order valence-corrected chi connectivity index (χ2v) is 16.9. The molecular formula is C63H41N5.